The molecule has 0 spiro atoms. The zero-order valence-corrected chi connectivity index (χ0v) is 18.2. The summed E-state index contributed by atoms with van der Waals surface area (Å²) in [4.78, 5) is 37.6. The Morgan fingerprint density at radius 2 is 1.87 bits per heavy atom. The van der Waals surface area contributed by atoms with Crippen molar-refractivity contribution in [1.82, 2.24) is 20.1 Å². The molecule has 1 amide bonds. The first kappa shape index (κ1) is 20.1. The second kappa shape index (κ2) is 7.89. The molecule has 0 aliphatic carbocycles. The van der Waals surface area contributed by atoms with Gasteiger partial charge in [-0.3, -0.25) is 14.6 Å². The SMILES string of the molecule is N#Cc1nn(-c2cc(Br)c(Oc3ccc4c(c3)CCNC4=O)c(Br)c2)c(=O)[nH]c1=O. The van der Waals surface area contributed by atoms with Crippen molar-refractivity contribution < 1.29 is 9.53 Å². The summed E-state index contributed by atoms with van der Waals surface area (Å²) in [5, 5.41) is 15.6. The molecule has 4 rings (SSSR count). The van der Waals surface area contributed by atoms with Crippen LogP contribution in [-0.2, 0) is 6.42 Å². The molecule has 2 heterocycles. The van der Waals surface area contributed by atoms with E-state index in [1.165, 1.54) is 0 Å². The standard InChI is InChI=1S/C19H11Br2N5O4/c20-13-6-10(26-19(29)24-18(28)15(8-22)25-26)7-14(21)16(13)30-11-1-2-12-9(5-11)3-4-23-17(12)27/h1-2,5-7H,3-4H2,(H,23,27)(H,24,28,29). The van der Waals surface area contributed by atoms with E-state index in [9.17, 15) is 14.4 Å². The number of halogens is 2. The van der Waals surface area contributed by atoms with Crippen LogP contribution in [0.1, 0.15) is 21.6 Å². The van der Waals surface area contributed by atoms with E-state index in [0.717, 1.165) is 10.2 Å². The Hall–Kier alpha value is -3.23. The fourth-order valence-corrected chi connectivity index (χ4v) is 4.32. The summed E-state index contributed by atoms with van der Waals surface area (Å²) in [6.45, 7) is 0.572. The zero-order chi connectivity index (χ0) is 21.4. The molecule has 9 nitrogen and oxygen atoms in total. The molecule has 0 saturated carbocycles. The third-order valence-corrected chi connectivity index (χ3v) is 5.56. The Labute approximate surface area is 185 Å². The fraction of sp³-hybridized carbons (Fsp3) is 0.105. The molecule has 1 aliphatic rings. The van der Waals surface area contributed by atoms with Crippen LogP contribution in [0.25, 0.3) is 5.69 Å². The number of carbonyl (C=O) groups is 1. The van der Waals surface area contributed by atoms with Gasteiger partial charge in [0.25, 0.3) is 11.5 Å². The second-order valence-corrected chi connectivity index (χ2v) is 8.01. The highest BCUT2D eigenvalue weighted by Crippen LogP contribution is 2.39. The van der Waals surface area contributed by atoms with Crippen LogP contribution >= 0.6 is 31.9 Å². The number of nitrogens with zero attached hydrogens (tertiary/aromatic N) is 3. The number of H-pyrrole nitrogens is 1. The molecule has 0 fully saturated rings. The van der Waals surface area contributed by atoms with Gasteiger partial charge < -0.3 is 10.1 Å². The number of benzene rings is 2. The number of nitriles is 1. The van der Waals surface area contributed by atoms with Crippen molar-refractivity contribution in [3.05, 3.63) is 76.9 Å². The maximum atomic E-state index is 12.1. The van der Waals surface area contributed by atoms with Crippen LogP contribution in [0.3, 0.4) is 0 Å². The van der Waals surface area contributed by atoms with Crippen LogP contribution in [0.4, 0.5) is 0 Å². The first-order valence-electron chi connectivity index (χ1n) is 8.59. The number of aromatic nitrogens is 3. The van der Waals surface area contributed by atoms with E-state index in [-0.39, 0.29) is 5.91 Å². The maximum absolute atomic E-state index is 12.1. The van der Waals surface area contributed by atoms with E-state index >= 15 is 0 Å². The highest BCUT2D eigenvalue weighted by molar-refractivity contribution is 9.11. The molecule has 1 aliphatic heterocycles. The Morgan fingerprint density at radius 3 is 2.57 bits per heavy atom. The minimum absolute atomic E-state index is 0.106. The van der Waals surface area contributed by atoms with Crippen molar-refractivity contribution in [2.75, 3.05) is 6.54 Å². The molecule has 3 aromatic rings. The monoisotopic (exact) mass is 531 g/mol. The molecule has 0 atom stereocenters. The minimum Gasteiger partial charge on any atom is -0.455 e. The number of hydrogen-bond acceptors (Lipinski definition) is 6. The summed E-state index contributed by atoms with van der Waals surface area (Å²) in [6.07, 6.45) is 0.710. The van der Waals surface area contributed by atoms with Crippen molar-refractivity contribution in [3.8, 4) is 23.3 Å². The normalized spacial score (nSPS) is 12.6. The van der Waals surface area contributed by atoms with Crippen LogP contribution in [0.15, 0.2) is 48.9 Å². The van der Waals surface area contributed by atoms with E-state index in [2.05, 4.69) is 47.3 Å². The van der Waals surface area contributed by atoms with Crippen molar-refractivity contribution >= 4 is 37.8 Å². The third kappa shape index (κ3) is 3.67. The van der Waals surface area contributed by atoms with Crippen LogP contribution in [0, 0.1) is 11.3 Å². The van der Waals surface area contributed by atoms with Crippen LogP contribution < -0.4 is 21.3 Å². The number of carbonyl (C=O) groups excluding carboxylic acids is 1. The van der Waals surface area contributed by atoms with Crippen LogP contribution in [-0.4, -0.2) is 27.2 Å². The Kier molecular flexibility index (Phi) is 5.27. The first-order chi connectivity index (χ1) is 14.4. The lowest BCUT2D eigenvalue weighted by Gasteiger charge is -2.18. The van der Waals surface area contributed by atoms with Gasteiger partial charge in [0, 0.05) is 12.1 Å². The molecule has 2 aromatic carbocycles. The van der Waals surface area contributed by atoms with Crippen molar-refractivity contribution in [3.63, 3.8) is 0 Å². The fourth-order valence-electron chi connectivity index (χ4n) is 3.00. The first-order valence-corrected chi connectivity index (χ1v) is 10.2. The summed E-state index contributed by atoms with van der Waals surface area (Å²) >= 11 is 6.83. The predicted octanol–water partition coefficient (Wildman–Crippen LogP) is 2.40. The summed E-state index contributed by atoms with van der Waals surface area (Å²) in [6, 6.07) is 10.0. The molecular formula is C19H11Br2N5O4. The highest BCUT2D eigenvalue weighted by atomic mass is 79.9. The van der Waals surface area contributed by atoms with Crippen LogP contribution in [0.5, 0.6) is 11.5 Å². The van der Waals surface area contributed by atoms with E-state index in [4.69, 9.17) is 10.00 Å². The van der Waals surface area contributed by atoms with Gasteiger partial charge in [-0.1, -0.05) is 0 Å². The lowest BCUT2D eigenvalue weighted by atomic mass is 10.0. The molecule has 2 N–H and O–H groups in total. The van der Waals surface area contributed by atoms with Gasteiger partial charge in [0.15, 0.2) is 5.75 Å². The van der Waals surface area contributed by atoms with Crippen molar-refractivity contribution in [1.29, 1.82) is 5.26 Å². The zero-order valence-electron chi connectivity index (χ0n) is 15.0. The number of ether oxygens (including phenoxy) is 1. The average Bonchev–Trinajstić information content (AvgIpc) is 2.71. The molecular weight excluding hydrogens is 522 g/mol. The van der Waals surface area contributed by atoms with Gasteiger partial charge >= 0.3 is 5.69 Å². The molecule has 30 heavy (non-hydrogen) atoms. The quantitative estimate of drug-likeness (QED) is 0.532. The molecule has 150 valence electrons. The third-order valence-electron chi connectivity index (χ3n) is 4.38. The van der Waals surface area contributed by atoms with Crippen molar-refractivity contribution in [2.45, 2.75) is 6.42 Å². The van der Waals surface area contributed by atoms with Gasteiger partial charge in [-0.05, 0) is 74.2 Å². The Bertz CT molecular complexity index is 1330. The van der Waals surface area contributed by atoms with E-state index in [1.807, 2.05) is 6.07 Å². The number of rotatable bonds is 3. The van der Waals surface area contributed by atoms with Gasteiger partial charge in [-0.15, -0.1) is 5.10 Å². The average molecular weight is 533 g/mol. The number of amides is 1. The van der Waals surface area contributed by atoms with Gasteiger partial charge in [0.1, 0.15) is 11.8 Å². The molecule has 1 aromatic heterocycles. The minimum atomic E-state index is -0.849. The molecule has 0 saturated heterocycles. The summed E-state index contributed by atoms with van der Waals surface area (Å²) < 4.78 is 7.90. The van der Waals surface area contributed by atoms with E-state index < -0.39 is 16.9 Å². The summed E-state index contributed by atoms with van der Waals surface area (Å²) in [5.74, 6) is 0.880. The lowest BCUT2D eigenvalue weighted by molar-refractivity contribution is 0.0946. The number of fused-ring (bicyclic) bond motifs is 1. The summed E-state index contributed by atoms with van der Waals surface area (Å²) in [5.41, 5.74) is -0.231. The predicted molar refractivity (Wildman–Crippen MR) is 113 cm³/mol. The maximum Gasteiger partial charge on any atom is 0.349 e. The summed E-state index contributed by atoms with van der Waals surface area (Å²) in [7, 11) is 0. The number of aromatic amines is 1. The van der Waals surface area contributed by atoms with Crippen LogP contribution in [0.2, 0.25) is 0 Å². The largest absolute Gasteiger partial charge is 0.455 e. The lowest BCUT2D eigenvalue weighted by Crippen LogP contribution is -2.33. The second-order valence-electron chi connectivity index (χ2n) is 6.30. The van der Waals surface area contributed by atoms with E-state index in [0.29, 0.717) is 44.7 Å². The highest BCUT2D eigenvalue weighted by Gasteiger charge is 2.18. The Balaban J connectivity index is 1.71. The number of hydrogen-bond donors (Lipinski definition) is 2. The Morgan fingerprint density at radius 1 is 1.13 bits per heavy atom. The van der Waals surface area contributed by atoms with Crippen molar-refractivity contribution in [2.24, 2.45) is 0 Å². The van der Waals surface area contributed by atoms with Gasteiger partial charge in [0.05, 0.1) is 14.6 Å². The van der Waals surface area contributed by atoms with Gasteiger partial charge in [-0.2, -0.15) is 9.94 Å². The smallest absolute Gasteiger partial charge is 0.349 e. The van der Waals surface area contributed by atoms with E-state index in [1.54, 1.807) is 30.3 Å². The van der Waals surface area contributed by atoms with Gasteiger partial charge in [0.2, 0.25) is 5.69 Å². The molecule has 0 unspecified atom stereocenters. The number of nitrogens with one attached hydrogen (secondary N) is 2. The molecule has 11 heteroatoms. The molecule has 0 bridgehead atoms. The topological polar surface area (TPSA) is 130 Å². The van der Waals surface area contributed by atoms with Gasteiger partial charge in [-0.25, -0.2) is 4.79 Å². The molecule has 0 radical (unpaired) electrons.